The van der Waals surface area contributed by atoms with Crippen molar-refractivity contribution in [2.75, 3.05) is 23.7 Å². The monoisotopic (exact) mass is 193 g/mol. The van der Waals surface area contributed by atoms with E-state index in [1.54, 1.807) is 12.1 Å². The fourth-order valence-corrected chi connectivity index (χ4v) is 1.48. The number of hydrogen-bond donors (Lipinski definition) is 1. The van der Waals surface area contributed by atoms with Crippen LogP contribution in [0.4, 0.5) is 17.1 Å². The highest BCUT2D eigenvalue weighted by Gasteiger charge is 2.17. The van der Waals surface area contributed by atoms with E-state index < -0.39 is 4.92 Å². The van der Waals surface area contributed by atoms with E-state index in [1.165, 1.54) is 12.5 Å². The minimum atomic E-state index is -0.463. The minimum Gasteiger partial charge on any atom is -0.393 e. The first-order chi connectivity index (χ1) is 6.68. The van der Waals surface area contributed by atoms with Gasteiger partial charge in [0.05, 0.1) is 4.92 Å². The zero-order valence-electron chi connectivity index (χ0n) is 7.64. The van der Waals surface area contributed by atoms with Gasteiger partial charge in [0.25, 0.3) is 5.69 Å². The van der Waals surface area contributed by atoms with Gasteiger partial charge in [0.1, 0.15) is 5.69 Å². The second-order valence-corrected chi connectivity index (χ2v) is 3.34. The highest BCUT2D eigenvalue weighted by Crippen LogP contribution is 2.28. The minimum absolute atomic E-state index is 0.0192. The fraction of sp³-hybridized carbons (Fsp3) is 0.333. The molecule has 0 bridgehead atoms. The summed E-state index contributed by atoms with van der Waals surface area (Å²) in [5, 5.41) is 10.5. The topological polar surface area (TPSA) is 72.4 Å². The lowest BCUT2D eigenvalue weighted by atomic mass is 10.1. The van der Waals surface area contributed by atoms with Crippen molar-refractivity contribution in [3.8, 4) is 0 Å². The van der Waals surface area contributed by atoms with E-state index in [0.717, 1.165) is 18.8 Å². The molecule has 5 heteroatoms. The molecule has 1 aromatic rings. The zero-order chi connectivity index (χ0) is 10.1. The lowest BCUT2D eigenvalue weighted by Crippen LogP contribution is -2.36. The second kappa shape index (κ2) is 3.17. The van der Waals surface area contributed by atoms with Gasteiger partial charge in [0, 0.05) is 24.8 Å². The molecule has 0 aromatic heterocycles. The Labute approximate surface area is 81.3 Å². The molecule has 0 spiro atoms. The van der Waals surface area contributed by atoms with E-state index in [4.69, 9.17) is 5.73 Å². The summed E-state index contributed by atoms with van der Waals surface area (Å²) in [4.78, 5) is 12.2. The van der Waals surface area contributed by atoms with E-state index >= 15 is 0 Å². The average molecular weight is 193 g/mol. The Kier molecular flexibility index (Phi) is 1.99. The Bertz CT molecular complexity index is 374. The van der Waals surface area contributed by atoms with Crippen LogP contribution in [0, 0.1) is 10.1 Å². The first kappa shape index (κ1) is 8.80. The van der Waals surface area contributed by atoms with Gasteiger partial charge in [0.15, 0.2) is 0 Å². The van der Waals surface area contributed by atoms with Crippen molar-refractivity contribution in [3.63, 3.8) is 0 Å². The van der Waals surface area contributed by atoms with Crippen LogP contribution in [0.15, 0.2) is 18.2 Å². The summed E-state index contributed by atoms with van der Waals surface area (Å²) in [6.07, 6.45) is 1.18. The molecular formula is C9H11N3O2. The molecule has 1 fully saturated rings. The third-order valence-electron chi connectivity index (χ3n) is 2.43. The van der Waals surface area contributed by atoms with Crippen LogP contribution >= 0.6 is 0 Å². The summed E-state index contributed by atoms with van der Waals surface area (Å²) >= 11 is 0. The number of nitro benzene ring substituents is 1. The molecule has 0 unspecified atom stereocenters. The van der Waals surface area contributed by atoms with E-state index in [0.29, 0.717) is 0 Å². The van der Waals surface area contributed by atoms with Gasteiger partial charge >= 0.3 is 0 Å². The van der Waals surface area contributed by atoms with E-state index in [2.05, 4.69) is 4.90 Å². The molecule has 1 aliphatic heterocycles. The van der Waals surface area contributed by atoms with Crippen LogP contribution < -0.4 is 10.6 Å². The van der Waals surface area contributed by atoms with Crippen molar-refractivity contribution < 1.29 is 4.92 Å². The van der Waals surface area contributed by atoms with Crippen molar-refractivity contribution in [1.29, 1.82) is 0 Å². The van der Waals surface area contributed by atoms with E-state index in [9.17, 15) is 10.1 Å². The van der Waals surface area contributed by atoms with Crippen molar-refractivity contribution in [2.24, 2.45) is 0 Å². The highest BCUT2D eigenvalue weighted by atomic mass is 16.6. The van der Waals surface area contributed by atoms with Crippen molar-refractivity contribution in [1.82, 2.24) is 0 Å². The fourth-order valence-electron chi connectivity index (χ4n) is 1.48. The normalized spacial score (nSPS) is 15.0. The number of nitrogens with two attached hydrogens (primary N) is 1. The van der Waals surface area contributed by atoms with Gasteiger partial charge in [0.2, 0.25) is 0 Å². The predicted molar refractivity (Wildman–Crippen MR) is 54.3 cm³/mol. The van der Waals surface area contributed by atoms with Crippen LogP contribution in [0.3, 0.4) is 0 Å². The highest BCUT2D eigenvalue weighted by molar-refractivity contribution is 5.67. The third kappa shape index (κ3) is 1.37. The van der Waals surface area contributed by atoms with Crippen LogP contribution in [0.1, 0.15) is 6.42 Å². The maximum absolute atomic E-state index is 10.5. The molecule has 1 aromatic carbocycles. The molecule has 0 radical (unpaired) electrons. The summed E-state index contributed by atoms with van der Waals surface area (Å²) in [6.45, 7) is 2.02. The molecule has 14 heavy (non-hydrogen) atoms. The maximum atomic E-state index is 10.5. The van der Waals surface area contributed by atoms with Crippen molar-refractivity contribution in [3.05, 3.63) is 28.3 Å². The number of nitro groups is 1. The summed E-state index contributed by atoms with van der Waals surface area (Å²) in [5.41, 5.74) is 6.76. The van der Waals surface area contributed by atoms with Crippen LogP contribution in [-0.2, 0) is 0 Å². The first-order valence-electron chi connectivity index (χ1n) is 4.47. The quantitative estimate of drug-likeness (QED) is 0.437. The zero-order valence-corrected chi connectivity index (χ0v) is 7.64. The Balaban J connectivity index is 2.30. The largest absolute Gasteiger partial charge is 0.393 e. The number of benzene rings is 1. The first-order valence-corrected chi connectivity index (χ1v) is 4.47. The standard InChI is InChI=1S/C9H11N3O2/c10-8-6-7(11-4-1-5-11)2-3-9(8)12(13)14/h2-3,6H,1,4-5,10H2. The molecule has 1 saturated heterocycles. The second-order valence-electron chi connectivity index (χ2n) is 3.34. The van der Waals surface area contributed by atoms with Gasteiger partial charge in [-0.3, -0.25) is 10.1 Å². The van der Waals surface area contributed by atoms with Crippen LogP contribution in [0.5, 0.6) is 0 Å². The van der Waals surface area contributed by atoms with Crippen LogP contribution in [-0.4, -0.2) is 18.0 Å². The Morgan fingerprint density at radius 2 is 2.14 bits per heavy atom. The van der Waals surface area contributed by atoms with E-state index in [-0.39, 0.29) is 11.4 Å². The number of anilines is 2. The van der Waals surface area contributed by atoms with Gasteiger partial charge in [-0.25, -0.2) is 0 Å². The molecule has 5 nitrogen and oxygen atoms in total. The summed E-state index contributed by atoms with van der Waals surface area (Å²) in [6, 6.07) is 4.87. The number of nitrogens with zero attached hydrogens (tertiary/aromatic N) is 2. The molecule has 1 heterocycles. The smallest absolute Gasteiger partial charge is 0.292 e. The number of hydrogen-bond acceptors (Lipinski definition) is 4. The van der Waals surface area contributed by atoms with Crippen molar-refractivity contribution in [2.45, 2.75) is 6.42 Å². The number of rotatable bonds is 2. The predicted octanol–water partition coefficient (Wildman–Crippen LogP) is 1.39. The van der Waals surface area contributed by atoms with Gasteiger partial charge in [-0.1, -0.05) is 0 Å². The molecule has 0 aliphatic carbocycles. The Hall–Kier alpha value is -1.78. The Morgan fingerprint density at radius 3 is 2.57 bits per heavy atom. The number of nitrogen functional groups attached to an aromatic ring is 1. The van der Waals surface area contributed by atoms with E-state index in [1.807, 2.05) is 0 Å². The molecule has 0 amide bonds. The molecule has 1 aliphatic rings. The molecule has 0 atom stereocenters. The molecule has 74 valence electrons. The van der Waals surface area contributed by atoms with Crippen LogP contribution in [0.2, 0.25) is 0 Å². The Morgan fingerprint density at radius 1 is 1.43 bits per heavy atom. The van der Waals surface area contributed by atoms with Gasteiger partial charge < -0.3 is 10.6 Å². The van der Waals surface area contributed by atoms with Crippen LogP contribution in [0.25, 0.3) is 0 Å². The summed E-state index contributed by atoms with van der Waals surface area (Å²) in [5.74, 6) is 0. The van der Waals surface area contributed by atoms with Crippen molar-refractivity contribution >= 4 is 17.1 Å². The van der Waals surface area contributed by atoms with Gasteiger partial charge in [-0.2, -0.15) is 0 Å². The lowest BCUT2D eigenvalue weighted by Gasteiger charge is -2.33. The van der Waals surface area contributed by atoms with Gasteiger partial charge in [-0.05, 0) is 18.6 Å². The summed E-state index contributed by atoms with van der Waals surface area (Å²) in [7, 11) is 0. The summed E-state index contributed by atoms with van der Waals surface area (Å²) < 4.78 is 0. The SMILES string of the molecule is Nc1cc(N2CCC2)ccc1[N+](=O)[O-]. The molecule has 2 rings (SSSR count). The maximum Gasteiger partial charge on any atom is 0.292 e. The third-order valence-corrected chi connectivity index (χ3v) is 2.43. The molecule has 2 N–H and O–H groups in total. The lowest BCUT2D eigenvalue weighted by molar-refractivity contribution is -0.383. The molecule has 0 saturated carbocycles. The average Bonchev–Trinajstić information content (AvgIpc) is 2.00. The van der Waals surface area contributed by atoms with Gasteiger partial charge in [-0.15, -0.1) is 0 Å². The molecular weight excluding hydrogens is 182 g/mol.